The van der Waals surface area contributed by atoms with Crippen LogP contribution >= 0.6 is 0 Å². The van der Waals surface area contributed by atoms with Gasteiger partial charge < -0.3 is 14.6 Å². The number of hydrogen-bond donors (Lipinski definition) is 1. The SMILES string of the molecule is Cc1cc(C)nc(CNC(=O)N(C)Cc2nnc(C)o2)n1. The lowest BCUT2D eigenvalue weighted by molar-refractivity contribution is 0.201. The molecule has 0 aromatic carbocycles. The van der Waals surface area contributed by atoms with Crippen LogP contribution in [0.15, 0.2) is 10.5 Å². The zero-order chi connectivity index (χ0) is 15.4. The number of urea groups is 1. The van der Waals surface area contributed by atoms with E-state index in [4.69, 9.17) is 4.42 Å². The Morgan fingerprint density at radius 3 is 2.48 bits per heavy atom. The molecule has 2 heterocycles. The predicted octanol–water partition coefficient (Wildman–Crippen LogP) is 1.13. The van der Waals surface area contributed by atoms with Crippen molar-refractivity contribution in [2.24, 2.45) is 0 Å². The molecule has 0 fully saturated rings. The van der Waals surface area contributed by atoms with Gasteiger partial charge in [-0.25, -0.2) is 14.8 Å². The molecule has 0 bridgehead atoms. The van der Waals surface area contributed by atoms with Crippen LogP contribution in [-0.4, -0.2) is 38.1 Å². The quantitative estimate of drug-likeness (QED) is 0.906. The van der Waals surface area contributed by atoms with Gasteiger partial charge in [-0.3, -0.25) is 0 Å². The summed E-state index contributed by atoms with van der Waals surface area (Å²) >= 11 is 0. The van der Waals surface area contributed by atoms with Gasteiger partial charge >= 0.3 is 6.03 Å². The lowest BCUT2D eigenvalue weighted by Gasteiger charge is -2.15. The molecule has 2 rings (SSSR count). The first kappa shape index (κ1) is 14.9. The minimum atomic E-state index is -0.256. The highest BCUT2D eigenvalue weighted by Crippen LogP contribution is 2.02. The first-order chi connectivity index (χ1) is 9.94. The number of amides is 2. The maximum Gasteiger partial charge on any atom is 0.317 e. The fourth-order valence-electron chi connectivity index (χ4n) is 1.84. The van der Waals surface area contributed by atoms with Crippen LogP contribution in [-0.2, 0) is 13.1 Å². The molecule has 0 radical (unpaired) electrons. The molecule has 8 heteroatoms. The number of aryl methyl sites for hydroxylation is 3. The number of carbonyl (C=O) groups excluding carboxylic acids is 1. The molecule has 0 aliphatic rings. The number of hydrogen-bond acceptors (Lipinski definition) is 6. The molecule has 2 amide bonds. The Hall–Kier alpha value is -2.51. The molecule has 112 valence electrons. The van der Waals surface area contributed by atoms with Crippen LogP contribution in [0.1, 0.15) is 29.0 Å². The summed E-state index contributed by atoms with van der Waals surface area (Å²) in [6.07, 6.45) is 0. The number of nitrogens with zero attached hydrogens (tertiary/aromatic N) is 5. The lowest BCUT2D eigenvalue weighted by atomic mass is 10.3. The van der Waals surface area contributed by atoms with Crippen LogP contribution in [0.3, 0.4) is 0 Å². The average molecular weight is 290 g/mol. The van der Waals surface area contributed by atoms with Crippen LogP contribution in [0.5, 0.6) is 0 Å². The second-order valence-electron chi connectivity index (χ2n) is 4.80. The number of nitrogens with one attached hydrogen (secondary N) is 1. The lowest BCUT2D eigenvalue weighted by Crippen LogP contribution is -2.36. The van der Waals surface area contributed by atoms with Crippen molar-refractivity contribution in [2.45, 2.75) is 33.9 Å². The van der Waals surface area contributed by atoms with Crippen molar-refractivity contribution in [1.82, 2.24) is 30.4 Å². The Kier molecular flexibility index (Phi) is 4.46. The summed E-state index contributed by atoms with van der Waals surface area (Å²) in [5, 5.41) is 10.3. The van der Waals surface area contributed by atoms with Gasteiger partial charge in [0.05, 0.1) is 6.54 Å². The molecule has 0 atom stereocenters. The van der Waals surface area contributed by atoms with E-state index in [1.807, 2.05) is 19.9 Å². The number of rotatable bonds is 4. The van der Waals surface area contributed by atoms with Crippen molar-refractivity contribution >= 4 is 6.03 Å². The summed E-state index contributed by atoms with van der Waals surface area (Å²) in [4.78, 5) is 22.0. The second kappa shape index (κ2) is 6.29. The first-order valence-corrected chi connectivity index (χ1v) is 6.53. The van der Waals surface area contributed by atoms with Gasteiger partial charge in [0, 0.05) is 25.4 Å². The Balaban J connectivity index is 1.88. The van der Waals surface area contributed by atoms with Crippen molar-refractivity contribution in [3.05, 3.63) is 35.1 Å². The van der Waals surface area contributed by atoms with Gasteiger partial charge in [-0.1, -0.05) is 0 Å². The van der Waals surface area contributed by atoms with Crippen LogP contribution in [0, 0.1) is 20.8 Å². The molecule has 0 spiro atoms. The molecule has 0 aliphatic heterocycles. The van der Waals surface area contributed by atoms with Gasteiger partial charge in [0.1, 0.15) is 12.4 Å². The molecular weight excluding hydrogens is 272 g/mol. The molecule has 21 heavy (non-hydrogen) atoms. The van der Waals surface area contributed by atoms with Crippen LogP contribution in [0.4, 0.5) is 4.79 Å². The fraction of sp³-hybridized carbons (Fsp3) is 0.462. The fourth-order valence-corrected chi connectivity index (χ4v) is 1.84. The molecule has 0 saturated carbocycles. The van der Waals surface area contributed by atoms with Gasteiger partial charge in [-0.05, 0) is 19.9 Å². The van der Waals surface area contributed by atoms with E-state index in [0.29, 0.717) is 17.6 Å². The van der Waals surface area contributed by atoms with E-state index < -0.39 is 0 Å². The highest BCUT2D eigenvalue weighted by Gasteiger charge is 2.13. The highest BCUT2D eigenvalue weighted by atomic mass is 16.4. The molecular formula is C13H18N6O2. The molecule has 2 aromatic heterocycles. The summed E-state index contributed by atoms with van der Waals surface area (Å²) in [6, 6.07) is 1.63. The third-order valence-electron chi connectivity index (χ3n) is 2.71. The summed E-state index contributed by atoms with van der Waals surface area (Å²) in [6.45, 7) is 6.01. The number of aromatic nitrogens is 4. The van der Waals surface area contributed by atoms with E-state index in [0.717, 1.165) is 11.4 Å². The van der Waals surface area contributed by atoms with Crippen molar-refractivity contribution in [1.29, 1.82) is 0 Å². The Morgan fingerprint density at radius 1 is 1.24 bits per heavy atom. The Labute approximate surface area is 122 Å². The van der Waals surface area contributed by atoms with Gasteiger partial charge in [-0.15, -0.1) is 10.2 Å². The molecule has 2 aromatic rings. The van der Waals surface area contributed by atoms with Gasteiger partial charge in [0.25, 0.3) is 0 Å². The largest absolute Gasteiger partial charge is 0.424 e. The smallest absolute Gasteiger partial charge is 0.317 e. The van der Waals surface area contributed by atoms with E-state index in [2.05, 4.69) is 25.5 Å². The third-order valence-corrected chi connectivity index (χ3v) is 2.71. The zero-order valence-corrected chi connectivity index (χ0v) is 12.5. The van der Waals surface area contributed by atoms with Crippen LogP contribution in [0.25, 0.3) is 0 Å². The summed E-state index contributed by atoms with van der Waals surface area (Å²) in [5.74, 6) is 1.46. The van der Waals surface area contributed by atoms with Crippen LogP contribution < -0.4 is 5.32 Å². The van der Waals surface area contributed by atoms with E-state index in [9.17, 15) is 4.79 Å². The summed E-state index contributed by atoms with van der Waals surface area (Å²) < 4.78 is 5.23. The van der Waals surface area contributed by atoms with E-state index in [1.54, 1.807) is 14.0 Å². The normalized spacial score (nSPS) is 10.5. The Bertz CT molecular complexity index is 619. The third kappa shape index (κ3) is 4.23. The molecule has 0 saturated heterocycles. The standard InChI is InChI=1S/C13H18N6O2/c1-8-5-9(2)16-11(15-8)6-14-13(20)19(4)7-12-18-17-10(3)21-12/h5H,6-7H2,1-4H3,(H,14,20). The summed E-state index contributed by atoms with van der Waals surface area (Å²) in [5.41, 5.74) is 1.75. The van der Waals surface area contributed by atoms with Crippen LogP contribution in [0.2, 0.25) is 0 Å². The van der Waals surface area contributed by atoms with Crippen molar-refractivity contribution in [3.63, 3.8) is 0 Å². The summed E-state index contributed by atoms with van der Waals surface area (Å²) in [7, 11) is 1.65. The van der Waals surface area contributed by atoms with E-state index in [1.165, 1.54) is 4.90 Å². The molecule has 0 aliphatic carbocycles. The van der Waals surface area contributed by atoms with Gasteiger partial charge in [0.15, 0.2) is 0 Å². The maximum absolute atomic E-state index is 12.0. The van der Waals surface area contributed by atoms with Gasteiger partial charge in [-0.2, -0.15) is 0 Å². The topological polar surface area (TPSA) is 97.0 Å². The molecule has 0 unspecified atom stereocenters. The van der Waals surface area contributed by atoms with E-state index >= 15 is 0 Å². The number of carbonyl (C=O) groups is 1. The molecule has 1 N–H and O–H groups in total. The second-order valence-corrected chi connectivity index (χ2v) is 4.80. The predicted molar refractivity (Wildman–Crippen MR) is 74.2 cm³/mol. The van der Waals surface area contributed by atoms with Crippen molar-refractivity contribution in [2.75, 3.05) is 7.05 Å². The monoisotopic (exact) mass is 290 g/mol. The van der Waals surface area contributed by atoms with E-state index in [-0.39, 0.29) is 19.1 Å². The highest BCUT2D eigenvalue weighted by molar-refractivity contribution is 5.73. The van der Waals surface area contributed by atoms with Gasteiger partial charge in [0.2, 0.25) is 11.8 Å². The maximum atomic E-state index is 12.0. The minimum absolute atomic E-state index is 0.250. The zero-order valence-electron chi connectivity index (χ0n) is 12.5. The molecule has 8 nitrogen and oxygen atoms in total. The average Bonchev–Trinajstić information content (AvgIpc) is 2.80. The Morgan fingerprint density at radius 2 is 1.90 bits per heavy atom. The van der Waals surface area contributed by atoms with Crippen molar-refractivity contribution < 1.29 is 9.21 Å². The first-order valence-electron chi connectivity index (χ1n) is 6.53. The minimum Gasteiger partial charge on any atom is -0.424 e. The van der Waals surface area contributed by atoms with Crippen molar-refractivity contribution in [3.8, 4) is 0 Å².